The van der Waals surface area contributed by atoms with Crippen LogP contribution in [0, 0.1) is 13.8 Å². The third-order valence-corrected chi connectivity index (χ3v) is 4.97. The van der Waals surface area contributed by atoms with Crippen molar-refractivity contribution in [3.63, 3.8) is 0 Å². The molecule has 0 bridgehead atoms. The molecule has 2 heterocycles. The Bertz CT molecular complexity index is 1090. The number of aryl methyl sites for hydroxylation is 1. The molecule has 1 aliphatic rings. The number of anilines is 1. The summed E-state index contributed by atoms with van der Waals surface area (Å²) < 4.78 is 17.8. The minimum Gasteiger partial charge on any atom is -0.454 e. The van der Waals surface area contributed by atoms with Crippen molar-refractivity contribution in [2.75, 3.05) is 18.7 Å². The molecule has 3 aromatic rings. The summed E-state index contributed by atoms with van der Waals surface area (Å²) in [4.78, 5) is 24.7. The molecule has 1 N–H and O–H groups in total. The summed E-state index contributed by atoms with van der Waals surface area (Å²) in [5.41, 5.74) is 3.90. The molecule has 0 atom stereocenters. The van der Waals surface area contributed by atoms with Crippen molar-refractivity contribution in [1.82, 2.24) is 4.57 Å². The fourth-order valence-corrected chi connectivity index (χ4v) is 3.40. The standard InChI is InChI=1S/C23H22N2O5/c1-15-10-19(16(2)25(15)12-17-6-4-3-5-7-17)23(27)28-13-22(26)24-18-8-9-20-21(11-18)30-14-29-20/h3-11H,12-14H2,1-2H3,(H,24,26). The van der Waals surface area contributed by atoms with Gasteiger partial charge in [0.2, 0.25) is 6.79 Å². The second-order valence-corrected chi connectivity index (χ2v) is 7.05. The number of amides is 1. The fourth-order valence-electron chi connectivity index (χ4n) is 3.40. The minimum atomic E-state index is -0.525. The van der Waals surface area contributed by atoms with E-state index in [4.69, 9.17) is 14.2 Å². The van der Waals surface area contributed by atoms with E-state index in [0.29, 0.717) is 29.3 Å². The third kappa shape index (κ3) is 4.15. The molecule has 1 aliphatic heterocycles. The number of hydrogen-bond acceptors (Lipinski definition) is 5. The average molecular weight is 406 g/mol. The maximum atomic E-state index is 12.5. The van der Waals surface area contributed by atoms with Crippen LogP contribution in [0.5, 0.6) is 11.5 Å². The molecule has 1 aromatic heterocycles. The largest absolute Gasteiger partial charge is 0.454 e. The zero-order valence-electron chi connectivity index (χ0n) is 16.8. The quantitative estimate of drug-likeness (QED) is 0.632. The van der Waals surface area contributed by atoms with Gasteiger partial charge in [-0.3, -0.25) is 4.79 Å². The first kappa shape index (κ1) is 19.6. The van der Waals surface area contributed by atoms with Crippen LogP contribution < -0.4 is 14.8 Å². The van der Waals surface area contributed by atoms with Crippen molar-refractivity contribution in [1.29, 1.82) is 0 Å². The molecule has 7 nitrogen and oxygen atoms in total. The van der Waals surface area contributed by atoms with Crippen LogP contribution in [0.2, 0.25) is 0 Å². The van der Waals surface area contributed by atoms with Crippen molar-refractivity contribution in [2.24, 2.45) is 0 Å². The lowest BCUT2D eigenvalue weighted by Gasteiger charge is -2.10. The second kappa shape index (κ2) is 8.32. The molecule has 1 amide bonds. The summed E-state index contributed by atoms with van der Waals surface area (Å²) in [5.74, 6) is 0.240. The maximum absolute atomic E-state index is 12.5. The van der Waals surface area contributed by atoms with E-state index in [9.17, 15) is 9.59 Å². The van der Waals surface area contributed by atoms with Gasteiger partial charge in [-0.2, -0.15) is 0 Å². The monoisotopic (exact) mass is 406 g/mol. The topological polar surface area (TPSA) is 78.8 Å². The number of benzene rings is 2. The van der Waals surface area contributed by atoms with Gasteiger partial charge in [0.05, 0.1) is 5.56 Å². The number of ether oxygens (including phenoxy) is 3. The Morgan fingerprint density at radius 1 is 1.03 bits per heavy atom. The number of carbonyl (C=O) groups is 2. The van der Waals surface area contributed by atoms with Crippen LogP contribution in [0.4, 0.5) is 5.69 Å². The predicted octanol–water partition coefficient (Wildman–Crippen LogP) is 3.68. The Morgan fingerprint density at radius 2 is 1.80 bits per heavy atom. The van der Waals surface area contributed by atoms with E-state index < -0.39 is 11.9 Å². The van der Waals surface area contributed by atoms with Gasteiger partial charge in [0.1, 0.15) is 0 Å². The third-order valence-electron chi connectivity index (χ3n) is 4.97. The van der Waals surface area contributed by atoms with Gasteiger partial charge in [0, 0.05) is 29.7 Å². The number of carbonyl (C=O) groups excluding carboxylic acids is 2. The summed E-state index contributed by atoms with van der Waals surface area (Å²) in [6, 6.07) is 16.9. The zero-order valence-corrected chi connectivity index (χ0v) is 16.8. The number of hydrogen-bond donors (Lipinski definition) is 1. The van der Waals surface area contributed by atoms with E-state index >= 15 is 0 Å². The Balaban J connectivity index is 1.37. The first-order valence-electron chi connectivity index (χ1n) is 9.58. The minimum absolute atomic E-state index is 0.160. The number of nitrogens with zero attached hydrogens (tertiary/aromatic N) is 1. The van der Waals surface area contributed by atoms with Gasteiger partial charge >= 0.3 is 5.97 Å². The highest BCUT2D eigenvalue weighted by Gasteiger charge is 2.19. The lowest BCUT2D eigenvalue weighted by molar-refractivity contribution is -0.119. The average Bonchev–Trinajstić information content (AvgIpc) is 3.32. The lowest BCUT2D eigenvalue weighted by Crippen LogP contribution is -2.21. The van der Waals surface area contributed by atoms with E-state index in [-0.39, 0.29) is 13.4 Å². The molecule has 0 saturated heterocycles. The van der Waals surface area contributed by atoms with Gasteiger partial charge in [-0.05, 0) is 37.6 Å². The Kier molecular flexibility index (Phi) is 5.43. The maximum Gasteiger partial charge on any atom is 0.340 e. The molecular weight excluding hydrogens is 384 g/mol. The van der Waals surface area contributed by atoms with Crippen molar-refractivity contribution < 1.29 is 23.8 Å². The van der Waals surface area contributed by atoms with Gasteiger partial charge in [0.25, 0.3) is 5.91 Å². The highest BCUT2D eigenvalue weighted by atomic mass is 16.7. The summed E-state index contributed by atoms with van der Waals surface area (Å²) in [7, 11) is 0. The molecule has 0 aliphatic carbocycles. The smallest absolute Gasteiger partial charge is 0.340 e. The summed E-state index contributed by atoms with van der Waals surface area (Å²) in [6.07, 6.45) is 0. The molecule has 154 valence electrons. The van der Waals surface area contributed by atoms with Gasteiger partial charge in [-0.1, -0.05) is 30.3 Å². The van der Waals surface area contributed by atoms with E-state index in [1.807, 2.05) is 44.2 Å². The van der Waals surface area contributed by atoms with Crippen molar-refractivity contribution in [3.05, 3.63) is 77.1 Å². The van der Waals surface area contributed by atoms with E-state index in [1.165, 1.54) is 0 Å². The highest BCUT2D eigenvalue weighted by Crippen LogP contribution is 2.34. The number of fused-ring (bicyclic) bond motifs is 1. The van der Waals surface area contributed by atoms with Crippen LogP contribution in [0.1, 0.15) is 27.3 Å². The van der Waals surface area contributed by atoms with Crippen molar-refractivity contribution in [3.8, 4) is 11.5 Å². The predicted molar refractivity (Wildman–Crippen MR) is 111 cm³/mol. The van der Waals surface area contributed by atoms with Gasteiger partial charge in [-0.25, -0.2) is 4.79 Å². The Morgan fingerprint density at radius 3 is 2.60 bits per heavy atom. The highest BCUT2D eigenvalue weighted by molar-refractivity contribution is 5.96. The SMILES string of the molecule is Cc1cc(C(=O)OCC(=O)Nc2ccc3c(c2)OCO3)c(C)n1Cc1ccccc1. The van der Waals surface area contributed by atoms with Gasteiger partial charge < -0.3 is 24.1 Å². The first-order chi connectivity index (χ1) is 14.5. The lowest BCUT2D eigenvalue weighted by atomic mass is 10.2. The molecule has 0 saturated carbocycles. The first-order valence-corrected chi connectivity index (χ1v) is 9.58. The van der Waals surface area contributed by atoms with Gasteiger partial charge in [-0.15, -0.1) is 0 Å². The molecule has 4 rings (SSSR count). The van der Waals surface area contributed by atoms with E-state index in [0.717, 1.165) is 17.0 Å². The fraction of sp³-hybridized carbons (Fsp3) is 0.217. The zero-order chi connectivity index (χ0) is 21.1. The molecular formula is C23H22N2O5. The number of rotatable bonds is 6. The summed E-state index contributed by atoms with van der Waals surface area (Å²) in [5, 5.41) is 2.69. The summed E-state index contributed by atoms with van der Waals surface area (Å²) in [6.45, 7) is 4.26. The Labute approximate surface area is 174 Å². The van der Waals surface area contributed by atoms with Crippen LogP contribution >= 0.6 is 0 Å². The van der Waals surface area contributed by atoms with Crippen LogP contribution in [-0.4, -0.2) is 29.8 Å². The normalized spacial score (nSPS) is 11.9. The van der Waals surface area contributed by atoms with Crippen LogP contribution in [0.15, 0.2) is 54.6 Å². The molecule has 0 spiro atoms. The molecule has 0 unspecified atom stereocenters. The van der Waals surface area contributed by atoms with Crippen molar-refractivity contribution in [2.45, 2.75) is 20.4 Å². The molecule has 30 heavy (non-hydrogen) atoms. The van der Waals surface area contributed by atoms with E-state index in [2.05, 4.69) is 9.88 Å². The number of esters is 1. The number of nitrogens with one attached hydrogen (secondary N) is 1. The van der Waals surface area contributed by atoms with Crippen LogP contribution in [-0.2, 0) is 16.1 Å². The molecule has 0 fully saturated rings. The second-order valence-electron chi connectivity index (χ2n) is 7.05. The summed E-state index contributed by atoms with van der Waals surface area (Å²) >= 11 is 0. The van der Waals surface area contributed by atoms with Crippen LogP contribution in [0.3, 0.4) is 0 Å². The number of aromatic nitrogens is 1. The van der Waals surface area contributed by atoms with E-state index in [1.54, 1.807) is 24.3 Å². The van der Waals surface area contributed by atoms with Crippen molar-refractivity contribution >= 4 is 17.6 Å². The molecule has 0 radical (unpaired) electrons. The van der Waals surface area contributed by atoms with Gasteiger partial charge in [0.15, 0.2) is 18.1 Å². The molecule has 2 aromatic carbocycles. The van der Waals surface area contributed by atoms with Crippen LogP contribution in [0.25, 0.3) is 0 Å². The molecule has 7 heteroatoms. The Hall–Kier alpha value is -3.74.